The van der Waals surface area contributed by atoms with Crippen LogP contribution in [0.2, 0.25) is 0 Å². The van der Waals surface area contributed by atoms with Crippen LogP contribution in [-0.4, -0.2) is 16.5 Å². The molecule has 0 atom stereocenters. The minimum Gasteiger partial charge on any atom is -0.293 e. The van der Waals surface area contributed by atoms with Gasteiger partial charge in [0.15, 0.2) is 10.1 Å². The molecule has 0 saturated heterocycles. The SMILES string of the molecule is CC(C)(C)c1ccc(C(=O)CSc2nc(-c3ccc(Br)cc3)cs2)cc1. The van der Waals surface area contributed by atoms with Crippen LogP contribution in [0.4, 0.5) is 0 Å². The fraction of sp³-hybridized carbons (Fsp3) is 0.238. The third-order valence-electron chi connectivity index (χ3n) is 4.02. The highest BCUT2D eigenvalue weighted by Crippen LogP contribution is 2.29. The molecule has 0 spiro atoms. The van der Waals surface area contributed by atoms with Gasteiger partial charge in [0.2, 0.25) is 0 Å². The van der Waals surface area contributed by atoms with Crippen molar-refractivity contribution in [1.29, 1.82) is 0 Å². The summed E-state index contributed by atoms with van der Waals surface area (Å²) < 4.78 is 1.97. The minimum atomic E-state index is 0.0979. The summed E-state index contributed by atoms with van der Waals surface area (Å²) in [6.07, 6.45) is 0. The van der Waals surface area contributed by atoms with E-state index < -0.39 is 0 Å². The van der Waals surface area contributed by atoms with E-state index in [1.54, 1.807) is 11.3 Å². The molecule has 1 heterocycles. The predicted molar refractivity (Wildman–Crippen MR) is 115 cm³/mol. The Morgan fingerprint density at radius 1 is 1.08 bits per heavy atom. The Morgan fingerprint density at radius 3 is 2.35 bits per heavy atom. The Balaban J connectivity index is 1.62. The number of carbonyl (C=O) groups excluding carboxylic acids is 1. The third kappa shape index (κ3) is 4.84. The van der Waals surface area contributed by atoms with Gasteiger partial charge in [0.05, 0.1) is 11.4 Å². The van der Waals surface area contributed by atoms with E-state index in [9.17, 15) is 4.79 Å². The number of ketones is 1. The van der Waals surface area contributed by atoms with Crippen molar-refractivity contribution >= 4 is 44.8 Å². The van der Waals surface area contributed by atoms with Crippen molar-refractivity contribution in [2.45, 2.75) is 30.5 Å². The first kappa shape index (κ1) is 19.3. The molecule has 1 aromatic heterocycles. The molecule has 0 aliphatic heterocycles. The van der Waals surface area contributed by atoms with Gasteiger partial charge in [-0.25, -0.2) is 4.98 Å². The van der Waals surface area contributed by atoms with Gasteiger partial charge < -0.3 is 0 Å². The number of hydrogen-bond acceptors (Lipinski definition) is 4. The zero-order valence-electron chi connectivity index (χ0n) is 15.0. The second-order valence-corrected chi connectivity index (χ2v) is 10.0. The van der Waals surface area contributed by atoms with Crippen LogP contribution >= 0.6 is 39.0 Å². The fourth-order valence-electron chi connectivity index (χ4n) is 2.44. The van der Waals surface area contributed by atoms with Gasteiger partial charge in [-0.1, -0.05) is 84.9 Å². The van der Waals surface area contributed by atoms with Crippen LogP contribution in [0.1, 0.15) is 36.7 Å². The maximum absolute atomic E-state index is 12.4. The van der Waals surface area contributed by atoms with Gasteiger partial charge >= 0.3 is 0 Å². The highest BCUT2D eigenvalue weighted by molar-refractivity contribution is 9.10. The Bertz CT molecular complexity index is 893. The number of benzene rings is 2. The lowest BCUT2D eigenvalue weighted by Crippen LogP contribution is -2.11. The molecule has 0 saturated carbocycles. The third-order valence-corrected chi connectivity index (χ3v) is 6.57. The summed E-state index contributed by atoms with van der Waals surface area (Å²) in [6, 6.07) is 16.0. The second-order valence-electron chi connectivity index (χ2n) is 7.04. The summed E-state index contributed by atoms with van der Waals surface area (Å²) in [5, 5.41) is 2.04. The van der Waals surface area contributed by atoms with E-state index in [2.05, 4.69) is 41.7 Å². The van der Waals surface area contributed by atoms with Crippen LogP contribution < -0.4 is 0 Å². The van der Waals surface area contributed by atoms with E-state index in [0.717, 1.165) is 25.6 Å². The van der Waals surface area contributed by atoms with Crippen LogP contribution in [0.3, 0.4) is 0 Å². The van der Waals surface area contributed by atoms with E-state index in [0.29, 0.717) is 5.75 Å². The van der Waals surface area contributed by atoms with Crippen LogP contribution in [0.15, 0.2) is 62.7 Å². The van der Waals surface area contributed by atoms with Gasteiger partial charge in [-0.05, 0) is 23.1 Å². The molecule has 0 aliphatic carbocycles. The molecule has 0 amide bonds. The Morgan fingerprint density at radius 2 is 1.73 bits per heavy atom. The highest BCUT2D eigenvalue weighted by atomic mass is 79.9. The normalized spacial score (nSPS) is 11.5. The lowest BCUT2D eigenvalue weighted by Gasteiger charge is -2.18. The first-order valence-electron chi connectivity index (χ1n) is 8.31. The number of rotatable bonds is 5. The second kappa shape index (κ2) is 8.07. The standard InChI is InChI=1S/C21H20BrNOS2/c1-21(2,3)16-8-4-15(5-9-16)19(24)13-26-20-23-18(12-25-20)14-6-10-17(22)11-7-14/h4-12H,13H2,1-3H3. The molecule has 0 unspecified atom stereocenters. The molecule has 3 rings (SSSR count). The predicted octanol–water partition coefficient (Wildman–Crippen LogP) is 6.85. The van der Waals surface area contributed by atoms with Gasteiger partial charge in [-0.3, -0.25) is 4.79 Å². The zero-order valence-corrected chi connectivity index (χ0v) is 18.2. The number of hydrogen-bond donors (Lipinski definition) is 0. The molecule has 0 fully saturated rings. The Hall–Kier alpha value is -1.43. The topological polar surface area (TPSA) is 30.0 Å². The average molecular weight is 446 g/mol. The van der Waals surface area contributed by atoms with E-state index in [1.165, 1.54) is 17.3 Å². The number of halogens is 1. The van der Waals surface area contributed by atoms with Crippen molar-refractivity contribution in [1.82, 2.24) is 4.98 Å². The molecule has 5 heteroatoms. The van der Waals surface area contributed by atoms with Gasteiger partial charge in [0, 0.05) is 21.0 Å². The maximum atomic E-state index is 12.4. The largest absolute Gasteiger partial charge is 0.293 e. The van der Waals surface area contributed by atoms with Crippen molar-refractivity contribution in [3.63, 3.8) is 0 Å². The molecule has 0 N–H and O–H groups in total. The quantitative estimate of drug-likeness (QED) is 0.317. The molecule has 0 aliphatic rings. The zero-order chi connectivity index (χ0) is 18.7. The maximum Gasteiger partial charge on any atom is 0.173 e. The summed E-state index contributed by atoms with van der Waals surface area (Å²) in [5.74, 6) is 0.540. The van der Waals surface area contributed by atoms with E-state index in [1.807, 2.05) is 53.9 Å². The van der Waals surface area contributed by atoms with Crippen LogP contribution in [-0.2, 0) is 5.41 Å². The van der Waals surface area contributed by atoms with E-state index >= 15 is 0 Å². The number of aromatic nitrogens is 1. The molecule has 2 aromatic carbocycles. The first-order valence-corrected chi connectivity index (χ1v) is 11.0. The molecule has 0 radical (unpaired) electrons. The van der Waals surface area contributed by atoms with Crippen molar-refractivity contribution in [3.8, 4) is 11.3 Å². The van der Waals surface area contributed by atoms with E-state index in [-0.39, 0.29) is 11.2 Å². The lowest BCUT2D eigenvalue weighted by atomic mass is 9.86. The minimum absolute atomic E-state index is 0.0979. The van der Waals surface area contributed by atoms with Crippen LogP contribution in [0.25, 0.3) is 11.3 Å². The molecule has 2 nitrogen and oxygen atoms in total. The lowest BCUT2D eigenvalue weighted by molar-refractivity contribution is 0.102. The number of thioether (sulfide) groups is 1. The Kier molecular flexibility index (Phi) is 6.00. The monoisotopic (exact) mass is 445 g/mol. The number of nitrogens with zero attached hydrogens (tertiary/aromatic N) is 1. The average Bonchev–Trinajstić information content (AvgIpc) is 3.08. The summed E-state index contributed by atoms with van der Waals surface area (Å²) in [6.45, 7) is 6.52. The van der Waals surface area contributed by atoms with Crippen LogP contribution in [0.5, 0.6) is 0 Å². The smallest absolute Gasteiger partial charge is 0.173 e. The summed E-state index contributed by atoms with van der Waals surface area (Å²) in [5.41, 5.74) is 4.13. The van der Waals surface area contributed by atoms with Gasteiger partial charge in [-0.15, -0.1) is 11.3 Å². The number of Topliss-reactive ketones (excluding diaryl/α,β-unsaturated/α-hetero) is 1. The first-order chi connectivity index (χ1) is 12.3. The number of thiazole rings is 1. The molecular formula is C21H20BrNOS2. The van der Waals surface area contributed by atoms with E-state index in [4.69, 9.17) is 0 Å². The van der Waals surface area contributed by atoms with Crippen molar-refractivity contribution in [2.75, 3.05) is 5.75 Å². The van der Waals surface area contributed by atoms with Crippen molar-refractivity contribution < 1.29 is 4.79 Å². The number of carbonyl (C=O) groups is 1. The summed E-state index contributed by atoms with van der Waals surface area (Å²) in [4.78, 5) is 17.1. The van der Waals surface area contributed by atoms with Gasteiger partial charge in [0.1, 0.15) is 0 Å². The molecule has 0 bridgehead atoms. The summed E-state index contributed by atoms with van der Waals surface area (Å²) >= 11 is 6.52. The molecule has 3 aromatic rings. The van der Waals surface area contributed by atoms with Crippen molar-refractivity contribution in [2.24, 2.45) is 0 Å². The van der Waals surface area contributed by atoms with Gasteiger partial charge in [0.25, 0.3) is 0 Å². The Labute approximate surface area is 171 Å². The van der Waals surface area contributed by atoms with Crippen molar-refractivity contribution in [3.05, 3.63) is 69.5 Å². The van der Waals surface area contributed by atoms with Crippen LogP contribution in [0, 0.1) is 0 Å². The van der Waals surface area contributed by atoms with Gasteiger partial charge in [-0.2, -0.15) is 0 Å². The molecule has 134 valence electrons. The fourth-order valence-corrected chi connectivity index (χ4v) is 4.44. The highest BCUT2D eigenvalue weighted by Gasteiger charge is 2.15. The summed E-state index contributed by atoms with van der Waals surface area (Å²) in [7, 11) is 0. The molecule has 26 heavy (non-hydrogen) atoms. The molecular weight excluding hydrogens is 426 g/mol.